The van der Waals surface area contributed by atoms with Crippen molar-refractivity contribution in [3.8, 4) is 5.75 Å². The van der Waals surface area contributed by atoms with Crippen LogP contribution < -0.4 is 25.2 Å². The van der Waals surface area contributed by atoms with Crippen LogP contribution in [0.3, 0.4) is 0 Å². The minimum atomic E-state index is -0.320. The summed E-state index contributed by atoms with van der Waals surface area (Å²) < 4.78 is 11.3. The molecule has 5 rings (SSSR count). The Kier molecular flexibility index (Phi) is 7.71. The number of pyridine rings is 1. The number of ether oxygens (including phenoxy) is 2. The number of amides is 2. The number of nitrogens with zero attached hydrogens (tertiary/aromatic N) is 4. The number of aromatic nitrogens is 1. The quantitative estimate of drug-likeness (QED) is 0.598. The molecule has 38 heavy (non-hydrogen) atoms. The first kappa shape index (κ1) is 26.2. The second-order valence-corrected chi connectivity index (χ2v) is 10.4. The van der Waals surface area contributed by atoms with Crippen molar-refractivity contribution in [2.75, 3.05) is 62.6 Å². The monoisotopic (exact) mass is 522 g/mol. The summed E-state index contributed by atoms with van der Waals surface area (Å²) in [6.07, 6.45) is 3.56. The molecule has 2 N–H and O–H groups in total. The van der Waals surface area contributed by atoms with Crippen LogP contribution in [0.4, 0.5) is 23.0 Å². The average Bonchev–Trinajstić information content (AvgIpc) is 2.93. The smallest absolute Gasteiger partial charge is 0.255 e. The summed E-state index contributed by atoms with van der Waals surface area (Å²) in [6.45, 7) is 5.23. The molecule has 204 valence electrons. The first-order valence-corrected chi connectivity index (χ1v) is 13.5. The fraction of sp³-hybridized carbons (Fsp3) is 0.536. The Labute approximate surface area is 224 Å². The number of fused-ring (bicyclic) bond motifs is 1. The van der Waals surface area contributed by atoms with E-state index in [1.807, 2.05) is 31.2 Å². The highest BCUT2D eigenvalue weighted by atomic mass is 16.5. The largest absolute Gasteiger partial charge is 0.494 e. The van der Waals surface area contributed by atoms with Gasteiger partial charge in [-0.1, -0.05) is 6.07 Å². The van der Waals surface area contributed by atoms with Crippen LogP contribution in [0.2, 0.25) is 0 Å². The SMILES string of the molecule is COc1c(Nc2ccc3c(n2)N(C2CCOCC2)[C@H](C)C(=O)N3C)cccc1C(=O)NC1CCN(C)CC1. The molecule has 2 amide bonds. The van der Waals surface area contributed by atoms with E-state index in [9.17, 15) is 9.59 Å². The predicted octanol–water partition coefficient (Wildman–Crippen LogP) is 3.01. The molecule has 1 atom stereocenters. The Balaban J connectivity index is 1.41. The molecular formula is C28H38N6O4. The van der Waals surface area contributed by atoms with Crippen molar-refractivity contribution in [1.82, 2.24) is 15.2 Å². The maximum absolute atomic E-state index is 13.2. The van der Waals surface area contributed by atoms with E-state index in [1.54, 1.807) is 25.1 Å². The van der Waals surface area contributed by atoms with Gasteiger partial charge in [0.05, 0.1) is 24.0 Å². The number of para-hydroxylation sites is 1. The fourth-order valence-corrected chi connectivity index (χ4v) is 5.70. The van der Waals surface area contributed by atoms with Gasteiger partial charge >= 0.3 is 0 Å². The van der Waals surface area contributed by atoms with Gasteiger partial charge in [0.1, 0.15) is 11.9 Å². The maximum Gasteiger partial charge on any atom is 0.255 e. The minimum Gasteiger partial charge on any atom is -0.494 e. The van der Waals surface area contributed by atoms with Gasteiger partial charge in [0, 0.05) is 32.3 Å². The highest BCUT2D eigenvalue weighted by Crippen LogP contribution is 2.39. The van der Waals surface area contributed by atoms with E-state index < -0.39 is 0 Å². The molecule has 3 aliphatic rings. The Hall–Kier alpha value is -3.37. The van der Waals surface area contributed by atoms with Gasteiger partial charge in [0.25, 0.3) is 5.91 Å². The first-order chi connectivity index (χ1) is 18.4. The minimum absolute atomic E-state index is 0.0523. The van der Waals surface area contributed by atoms with E-state index in [2.05, 4.69) is 27.5 Å². The van der Waals surface area contributed by atoms with Crippen LogP contribution >= 0.6 is 0 Å². The molecule has 3 aliphatic heterocycles. The molecule has 0 spiro atoms. The van der Waals surface area contributed by atoms with E-state index in [4.69, 9.17) is 14.5 Å². The summed E-state index contributed by atoms with van der Waals surface area (Å²) in [7, 11) is 5.47. The number of rotatable bonds is 6. The van der Waals surface area contributed by atoms with Gasteiger partial charge in [-0.25, -0.2) is 4.98 Å². The highest BCUT2D eigenvalue weighted by Gasteiger charge is 2.39. The van der Waals surface area contributed by atoms with E-state index in [0.717, 1.165) is 50.3 Å². The molecule has 10 heteroatoms. The zero-order valence-corrected chi connectivity index (χ0v) is 22.7. The molecule has 1 aromatic carbocycles. The molecular weight excluding hydrogens is 484 g/mol. The van der Waals surface area contributed by atoms with Gasteiger partial charge < -0.3 is 34.8 Å². The lowest BCUT2D eigenvalue weighted by atomic mass is 10.0. The van der Waals surface area contributed by atoms with E-state index in [-0.39, 0.29) is 29.9 Å². The Morgan fingerprint density at radius 2 is 1.82 bits per heavy atom. The third-order valence-electron chi connectivity index (χ3n) is 7.93. The van der Waals surface area contributed by atoms with Gasteiger partial charge in [-0.3, -0.25) is 9.59 Å². The number of piperidine rings is 1. The molecule has 0 saturated carbocycles. The van der Waals surface area contributed by atoms with Gasteiger partial charge in [0.2, 0.25) is 5.91 Å². The van der Waals surface area contributed by atoms with Crippen LogP contribution in [-0.2, 0) is 9.53 Å². The second kappa shape index (κ2) is 11.2. The van der Waals surface area contributed by atoms with Crippen molar-refractivity contribution in [2.24, 2.45) is 0 Å². The summed E-state index contributed by atoms with van der Waals surface area (Å²) >= 11 is 0. The van der Waals surface area contributed by atoms with Crippen LogP contribution in [0.25, 0.3) is 0 Å². The summed E-state index contributed by atoms with van der Waals surface area (Å²) in [5.41, 5.74) is 1.92. The van der Waals surface area contributed by atoms with E-state index in [1.165, 1.54) is 0 Å². The Morgan fingerprint density at radius 3 is 2.53 bits per heavy atom. The van der Waals surface area contributed by atoms with Gasteiger partial charge in [-0.15, -0.1) is 0 Å². The van der Waals surface area contributed by atoms with Crippen LogP contribution in [-0.4, -0.2) is 87.3 Å². The zero-order chi connectivity index (χ0) is 26.8. The van der Waals surface area contributed by atoms with Crippen molar-refractivity contribution in [1.29, 1.82) is 0 Å². The predicted molar refractivity (Wildman–Crippen MR) is 148 cm³/mol. The molecule has 4 heterocycles. The zero-order valence-electron chi connectivity index (χ0n) is 22.7. The van der Waals surface area contributed by atoms with Crippen LogP contribution in [0, 0.1) is 0 Å². The van der Waals surface area contributed by atoms with Crippen LogP contribution in [0.15, 0.2) is 30.3 Å². The van der Waals surface area contributed by atoms with Crippen LogP contribution in [0.1, 0.15) is 43.0 Å². The van der Waals surface area contributed by atoms with Gasteiger partial charge in [0.15, 0.2) is 11.6 Å². The number of likely N-dealkylation sites (tertiary alicyclic amines) is 1. The second-order valence-electron chi connectivity index (χ2n) is 10.4. The average molecular weight is 523 g/mol. The molecule has 2 aromatic rings. The van der Waals surface area contributed by atoms with Crippen molar-refractivity contribution in [3.63, 3.8) is 0 Å². The van der Waals surface area contributed by atoms with Crippen molar-refractivity contribution in [3.05, 3.63) is 35.9 Å². The number of carbonyl (C=O) groups excluding carboxylic acids is 2. The Morgan fingerprint density at radius 1 is 1.08 bits per heavy atom. The number of anilines is 4. The molecule has 0 unspecified atom stereocenters. The topological polar surface area (TPSA) is 99.3 Å². The van der Waals surface area contributed by atoms with E-state index >= 15 is 0 Å². The summed E-state index contributed by atoms with van der Waals surface area (Å²) in [5.74, 6) is 1.77. The maximum atomic E-state index is 13.2. The third-order valence-corrected chi connectivity index (χ3v) is 7.93. The standard InChI is InChI=1S/C28H38N6O4/c1-18-28(36)33(3)23-8-9-24(31-26(23)34(18)20-12-16-38-17-13-20)30-22-7-5-6-21(25(22)37-4)27(35)29-19-10-14-32(2)15-11-19/h5-9,18-20H,10-17H2,1-4H3,(H,29,35)(H,30,31)/t18-/m1/s1. The lowest BCUT2D eigenvalue weighted by Gasteiger charge is -2.44. The lowest BCUT2D eigenvalue weighted by Crippen LogP contribution is -2.56. The third kappa shape index (κ3) is 5.15. The number of hydrogen-bond donors (Lipinski definition) is 2. The van der Waals surface area contributed by atoms with Gasteiger partial charge in [-0.2, -0.15) is 0 Å². The van der Waals surface area contributed by atoms with Crippen molar-refractivity contribution in [2.45, 2.75) is 50.7 Å². The number of methoxy groups -OCH3 is 1. The number of benzene rings is 1. The summed E-state index contributed by atoms with van der Waals surface area (Å²) in [4.78, 5) is 37.3. The van der Waals surface area contributed by atoms with Gasteiger partial charge in [-0.05, 0) is 77.0 Å². The molecule has 10 nitrogen and oxygen atoms in total. The van der Waals surface area contributed by atoms with Crippen LogP contribution in [0.5, 0.6) is 5.75 Å². The molecule has 2 saturated heterocycles. The lowest BCUT2D eigenvalue weighted by molar-refractivity contribution is -0.119. The number of carbonyl (C=O) groups is 2. The molecule has 1 aromatic heterocycles. The van der Waals surface area contributed by atoms with E-state index in [0.29, 0.717) is 36.0 Å². The number of likely N-dealkylation sites (N-methyl/N-ethyl adjacent to an activating group) is 1. The fourth-order valence-electron chi connectivity index (χ4n) is 5.70. The normalized spacial score (nSPS) is 21.3. The summed E-state index contributed by atoms with van der Waals surface area (Å²) in [6, 6.07) is 9.29. The number of nitrogens with one attached hydrogen (secondary N) is 2. The number of hydrogen-bond acceptors (Lipinski definition) is 8. The highest BCUT2D eigenvalue weighted by molar-refractivity contribution is 6.04. The van der Waals surface area contributed by atoms with Crippen molar-refractivity contribution < 1.29 is 19.1 Å². The Bertz CT molecular complexity index is 1180. The molecule has 0 bridgehead atoms. The molecule has 0 radical (unpaired) electrons. The molecule has 0 aliphatic carbocycles. The molecule has 2 fully saturated rings. The first-order valence-electron chi connectivity index (χ1n) is 13.5. The van der Waals surface area contributed by atoms with Crippen molar-refractivity contribution >= 4 is 34.8 Å². The summed E-state index contributed by atoms with van der Waals surface area (Å²) in [5, 5.41) is 6.54.